The minimum Gasteiger partial charge on any atom is -0.497 e. The summed E-state index contributed by atoms with van der Waals surface area (Å²) in [5.41, 5.74) is 2.62. The van der Waals surface area contributed by atoms with Gasteiger partial charge in [0, 0.05) is 30.5 Å². The van der Waals surface area contributed by atoms with Crippen molar-refractivity contribution in [1.29, 1.82) is 0 Å². The minimum absolute atomic E-state index is 0.0115. The Morgan fingerprint density at radius 2 is 1.45 bits per heavy atom. The van der Waals surface area contributed by atoms with Crippen molar-refractivity contribution in [2.45, 2.75) is 19.3 Å². The molecular weight excluding hydrogens is 522 g/mol. The summed E-state index contributed by atoms with van der Waals surface area (Å²) in [6.07, 6.45) is -0.323. The Bertz CT molecular complexity index is 1580. The molecule has 13 heteroatoms. The number of rotatable bonds is 9. The van der Waals surface area contributed by atoms with E-state index in [0.29, 0.717) is 50.0 Å². The predicted octanol–water partition coefficient (Wildman–Crippen LogP) is 2.70. The second-order valence-corrected chi connectivity index (χ2v) is 8.65. The average Bonchev–Trinajstić information content (AvgIpc) is 3.59. The number of benzene rings is 2. The van der Waals surface area contributed by atoms with Crippen LogP contribution in [0, 0.1) is 0 Å². The fourth-order valence-electron chi connectivity index (χ4n) is 4.15. The monoisotopic (exact) mass is 545 g/mol. The van der Waals surface area contributed by atoms with Crippen LogP contribution in [0.15, 0.2) is 53.2 Å². The van der Waals surface area contributed by atoms with Gasteiger partial charge in [-0.2, -0.15) is 0 Å². The Balaban J connectivity index is 1.46. The second-order valence-electron chi connectivity index (χ2n) is 8.65. The number of hydrogen-bond donors (Lipinski definition) is 1. The number of ether oxygens (including phenoxy) is 2. The summed E-state index contributed by atoms with van der Waals surface area (Å²) >= 11 is 0. The van der Waals surface area contributed by atoms with Gasteiger partial charge in [0.05, 0.1) is 20.6 Å². The normalized spacial score (nSPS) is 13.0. The number of aromatic nitrogens is 3. The smallest absolute Gasteiger partial charge is 0.334 e. The molecule has 5 rings (SSSR count). The molecule has 0 aliphatic carbocycles. The fraction of sp³-hybridized carbons (Fsp3) is 0.222. The van der Waals surface area contributed by atoms with Crippen molar-refractivity contribution in [3.63, 3.8) is 0 Å². The highest BCUT2D eigenvalue weighted by Gasteiger charge is 2.33. The molecule has 1 fully saturated rings. The van der Waals surface area contributed by atoms with Gasteiger partial charge >= 0.3 is 5.97 Å². The number of imide groups is 1. The maximum Gasteiger partial charge on any atom is 0.334 e. The van der Waals surface area contributed by atoms with Crippen LogP contribution in [-0.2, 0) is 19.2 Å². The van der Waals surface area contributed by atoms with Crippen molar-refractivity contribution in [3.05, 3.63) is 54.2 Å². The van der Waals surface area contributed by atoms with Crippen molar-refractivity contribution in [3.8, 4) is 33.9 Å². The van der Waals surface area contributed by atoms with E-state index >= 15 is 0 Å². The van der Waals surface area contributed by atoms with E-state index in [1.54, 1.807) is 62.8 Å². The van der Waals surface area contributed by atoms with Crippen LogP contribution in [0.25, 0.3) is 33.4 Å². The third-order valence-corrected chi connectivity index (χ3v) is 6.18. The van der Waals surface area contributed by atoms with Crippen molar-refractivity contribution in [1.82, 2.24) is 25.7 Å². The van der Waals surface area contributed by atoms with Crippen molar-refractivity contribution in [2.24, 2.45) is 0 Å². The Morgan fingerprint density at radius 3 is 2.05 bits per heavy atom. The van der Waals surface area contributed by atoms with E-state index in [9.17, 15) is 19.2 Å². The fourth-order valence-corrected chi connectivity index (χ4v) is 4.15. The summed E-state index contributed by atoms with van der Waals surface area (Å²) < 4.78 is 15.5. The lowest BCUT2D eigenvalue weighted by atomic mass is 9.99. The van der Waals surface area contributed by atoms with Gasteiger partial charge in [-0.15, -0.1) is 5.06 Å². The number of carbonyl (C=O) groups is 4. The molecule has 1 N–H and O–H groups in total. The molecule has 3 heterocycles. The van der Waals surface area contributed by atoms with E-state index in [-0.39, 0.29) is 31.5 Å². The zero-order valence-corrected chi connectivity index (χ0v) is 21.5. The molecule has 0 atom stereocenters. The molecule has 0 bridgehead atoms. The maximum absolute atomic E-state index is 13.5. The summed E-state index contributed by atoms with van der Waals surface area (Å²) in [6.45, 7) is -0.148. The van der Waals surface area contributed by atoms with Gasteiger partial charge in [0.2, 0.25) is 0 Å². The number of pyridine rings is 1. The molecule has 13 nitrogen and oxygen atoms in total. The van der Waals surface area contributed by atoms with Crippen molar-refractivity contribution in [2.75, 3.05) is 20.8 Å². The molecule has 2 aromatic heterocycles. The Kier molecular flexibility index (Phi) is 7.35. The average molecular weight is 546 g/mol. The maximum atomic E-state index is 13.5. The number of nitrogens with one attached hydrogen (secondary N) is 1. The van der Waals surface area contributed by atoms with Crippen molar-refractivity contribution >= 4 is 34.7 Å². The molecule has 0 radical (unpaired) electrons. The lowest BCUT2D eigenvalue weighted by Gasteiger charge is -2.14. The molecule has 0 saturated carbocycles. The predicted molar refractivity (Wildman–Crippen MR) is 138 cm³/mol. The Morgan fingerprint density at radius 1 is 0.875 bits per heavy atom. The van der Waals surface area contributed by atoms with E-state index in [4.69, 9.17) is 18.9 Å². The highest BCUT2D eigenvalue weighted by Crippen LogP contribution is 2.36. The molecule has 4 aromatic rings. The lowest BCUT2D eigenvalue weighted by molar-refractivity contribution is -0.197. The second kappa shape index (κ2) is 11.2. The molecule has 2 aromatic carbocycles. The first kappa shape index (κ1) is 26.3. The zero-order valence-electron chi connectivity index (χ0n) is 21.5. The molecule has 0 unspecified atom stereocenters. The van der Waals surface area contributed by atoms with Crippen LogP contribution in [0.2, 0.25) is 0 Å². The molecule has 1 aliphatic rings. The van der Waals surface area contributed by atoms with Crippen LogP contribution in [0.4, 0.5) is 0 Å². The van der Waals surface area contributed by atoms with E-state index in [1.165, 1.54) is 0 Å². The van der Waals surface area contributed by atoms with Gasteiger partial charge in [0.15, 0.2) is 5.52 Å². The topological polar surface area (TPSA) is 163 Å². The van der Waals surface area contributed by atoms with Crippen LogP contribution in [0.5, 0.6) is 11.5 Å². The van der Waals surface area contributed by atoms with E-state index < -0.39 is 23.7 Å². The third kappa shape index (κ3) is 5.16. The van der Waals surface area contributed by atoms with Gasteiger partial charge < -0.3 is 19.6 Å². The first-order chi connectivity index (χ1) is 19.4. The number of amides is 3. The Hall–Kier alpha value is -5.33. The summed E-state index contributed by atoms with van der Waals surface area (Å²) in [5, 5.41) is 11.2. The van der Waals surface area contributed by atoms with Gasteiger partial charge in [-0.25, -0.2) is 14.4 Å². The van der Waals surface area contributed by atoms with Crippen LogP contribution in [0.3, 0.4) is 0 Å². The molecule has 204 valence electrons. The summed E-state index contributed by atoms with van der Waals surface area (Å²) in [4.78, 5) is 58.6. The molecule has 40 heavy (non-hydrogen) atoms. The number of methoxy groups -OCH3 is 2. The summed E-state index contributed by atoms with van der Waals surface area (Å²) in [5.74, 6) is -1.38. The lowest BCUT2D eigenvalue weighted by Crippen LogP contribution is -2.34. The van der Waals surface area contributed by atoms with Gasteiger partial charge in [-0.3, -0.25) is 14.4 Å². The zero-order chi connectivity index (χ0) is 28.2. The van der Waals surface area contributed by atoms with Crippen LogP contribution in [0.1, 0.15) is 29.8 Å². The van der Waals surface area contributed by atoms with Gasteiger partial charge in [-0.05, 0) is 52.3 Å². The molecule has 3 amide bonds. The Labute approximate surface area is 226 Å². The molecular formula is C27H23N5O8. The SMILES string of the molecule is COc1ccc(-c2nc(C(=O)NCCC(=O)ON3C(=O)CCC3=O)c(-c3ccc(OC)cc3)c3nonc23)cc1. The van der Waals surface area contributed by atoms with Crippen LogP contribution >= 0.6 is 0 Å². The van der Waals surface area contributed by atoms with Crippen LogP contribution < -0.4 is 14.8 Å². The van der Waals surface area contributed by atoms with E-state index in [2.05, 4.69) is 20.6 Å². The van der Waals surface area contributed by atoms with Gasteiger partial charge in [-0.1, -0.05) is 12.1 Å². The largest absolute Gasteiger partial charge is 0.497 e. The number of hydroxylamine groups is 2. The summed E-state index contributed by atoms with van der Waals surface area (Å²) in [6, 6.07) is 14.0. The first-order valence-corrected chi connectivity index (χ1v) is 12.2. The number of carbonyl (C=O) groups excluding carboxylic acids is 4. The highest BCUT2D eigenvalue weighted by atomic mass is 16.7. The van der Waals surface area contributed by atoms with Crippen molar-refractivity contribution < 1.29 is 38.1 Å². The third-order valence-electron chi connectivity index (χ3n) is 6.18. The first-order valence-electron chi connectivity index (χ1n) is 12.2. The number of fused-ring (bicyclic) bond motifs is 1. The van der Waals surface area contributed by atoms with Gasteiger partial charge in [0.25, 0.3) is 17.7 Å². The standard InChI is InChI=1S/C27H23N5O8/c1-37-17-7-3-15(4-8-17)22-24-26(31-40-30-24)23(16-5-9-18(38-2)10-6-16)29-25(22)27(36)28-14-13-21(35)39-32-19(33)11-12-20(32)34/h3-10H,11-14H2,1-2H3,(H,28,36). The van der Waals surface area contributed by atoms with Gasteiger partial charge in [0.1, 0.15) is 28.4 Å². The van der Waals surface area contributed by atoms with Crippen LogP contribution in [-0.4, -0.2) is 64.8 Å². The molecule has 0 spiro atoms. The highest BCUT2D eigenvalue weighted by molar-refractivity contribution is 6.09. The molecule has 1 aliphatic heterocycles. The summed E-state index contributed by atoms with van der Waals surface area (Å²) in [7, 11) is 3.09. The van der Waals surface area contributed by atoms with E-state index in [1.807, 2.05) is 0 Å². The minimum atomic E-state index is -0.845. The molecule has 1 saturated heterocycles. The number of nitrogens with zero attached hydrogens (tertiary/aromatic N) is 4. The number of hydrogen-bond acceptors (Lipinski definition) is 11. The van der Waals surface area contributed by atoms with E-state index in [0.717, 1.165) is 0 Å². The quantitative estimate of drug-likeness (QED) is 0.308.